The van der Waals surface area contributed by atoms with Gasteiger partial charge >= 0.3 is 0 Å². The number of nitrogens with two attached hydrogens (primary N) is 1. The molecule has 3 aromatic carbocycles. The van der Waals surface area contributed by atoms with Crippen molar-refractivity contribution in [3.8, 4) is 0 Å². The molecule has 3 saturated heterocycles. The van der Waals surface area contributed by atoms with Crippen LogP contribution in [0.25, 0.3) is 0 Å². The Labute approximate surface area is 299 Å². The minimum Gasteiger partial charge on any atom is -0.369 e. The van der Waals surface area contributed by atoms with Crippen molar-refractivity contribution in [3.05, 3.63) is 113 Å². The topological polar surface area (TPSA) is 136 Å². The molecule has 7 rings (SSSR count). The van der Waals surface area contributed by atoms with Crippen molar-refractivity contribution in [1.82, 2.24) is 20.5 Å². The van der Waals surface area contributed by atoms with Gasteiger partial charge in [-0.2, -0.15) is 0 Å². The van der Waals surface area contributed by atoms with Crippen LogP contribution in [0.5, 0.6) is 0 Å². The molecule has 3 amide bonds. The molecule has 4 heterocycles. The summed E-state index contributed by atoms with van der Waals surface area (Å²) in [5, 5.41) is 9.58. The van der Waals surface area contributed by atoms with Crippen molar-refractivity contribution >= 4 is 40.6 Å². The Morgan fingerprint density at radius 3 is 2.16 bits per heavy atom. The number of para-hydroxylation sites is 1. The van der Waals surface area contributed by atoms with Gasteiger partial charge in [-0.25, -0.2) is 4.98 Å². The zero-order valence-electron chi connectivity index (χ0n) is 29.2. The van der Waals surface area contributed by atoms with Crippen LogP contribution in [0.2, 0.25) is 0 Å². The number of amides is 3. The second-order valence-electron chi connectivity index (χ2n) is 14.0. The van der Waals surface area contributed by atoms with Gasteiger partial charge in [0.2, 0.25) is 0 Å². The fraction of sp³-hybridized carbons (Fsp3) is 0.350. The van der Waals surface area contributed by atoms with Gasteiger partial charge in [0.05, 0.1) is 22.9 Å². The van der Waals surface area contributed by atoms with Crippen molar-refractivity contribution in [2.45, 2.75) is 56.8 Å². The van der Waals surface area contributed by atoms with Crippen LogP contribution in [0.15, 0.2) is 91.1 Å². The first-order valence-electron chi connectivity index (χ1n) is 17.9. The first-order valence-corrected chi connectivity index (χ1v) is 17.9. The molecule has 3 atom stereocenters. The number of likely N-dealkylation sites (N-methyl/N-ethyl adjacent to an activating group) is 1. The van der Waals surface area contributed by atoms with Gasteiger partial charge in [0.25, 0.3) is 17.7 Å². The third-order valence-corrected chi connectivity index (χ3v) is 10.6. The lowest BCUT2D eigenvalue weighted by atomic mass is 9.96. The van der Waals surface area contributed by atoms with Crippen LogP contribution in [0.3, 0.4) is 0 Å². The van der Waals surface area contributed by atoms with Crippen LogP contribution in [-0.4, -0.2) is 79.0 Å². The highest BCUT2D eigenvalue weighted by molar-refractivity contribution is 6.02. The highest BCUT2D eigenvalue weighted by Gasteiger charge is 2.42. The lowest BCUT2D eigenvalue weighted by Crippen LogP contribution is -2.50. The molecular weight excluding hydrogens is 640 g/mol. The van der Waals surface area contributed by atoms with E-state index in [0.29, 0.717) is 22.4 Å². The van der Waals surface area contributed by atoms with Crippen molar-refractivity contribution < 1.29 is 14.4 Å². The minimum absolute atomic E-state index is 0.00904. The van der Waals surface area contributed by atoms with Crippen molar-refractivity contribution in [1.29, 1.82) is 0 Å². The number of anilines is 4. The van der Waals surface area contributed by atoms with E-state index in [1.165, 1.54) is 5.69 Å². The average molecular weight is 687 g/mol. The summed E-state index contributed by atoms with van der Waals surface area (Å²) >= 11 is 0. The van der Waals surface area contributed by atoms with Gasteiger partial charge in [-0.3, -0.25) is 14.4 Å². The zero-order chi connectivity index (χ0) is 35.5. The summed E-state index contributed by atoms with van der Waals surface area (Å²) in [4.78, 5) is 50.5. The van der Waals surface area contributed by atoms with Gasteiger partial charge in [-0.15, -0.1) is 0 Å². The number of benzene rings is 3. The normalized spacial score (nSPS) is 20.8. The maximum Gasteiger partial charge on any atom is 0.253 e. The predicted octanol–water partition coefficient (Wildman–Crippen LogP) is 5.10. The maximum atomic E-state index is 13.4. The van der Waals surface area contributed by atoms with E-state index in [4.69, 9.17) is 10.7 Å². The first kappa shape index (κ1) is 34.0. The molecule has 2 unspecified atom stereocenters. The number of hydrogen-bond donors (Lipinski definition) is 4. The summed E-state index contributed by atoms with van der Waals surface area (Å²) in [7, 11) is 2.16. The number of piperidine rings is 1. The predicted molar refractivity (Wildman–Crippen MR) is 201 cm³/mol. The molecule has 11 heteroatoms. The number of hydrogen-bond acceptors (Lipinski definition) is 8. The number of piperazine rings is 1. The van der Waals surface area contributed by atoms with E-state index < -0.39 is 5.91 Å². The monoisotopic (exact) mass is 686 g/mol. The molecule has 0 saturated carbocycles. The molecule has 3 aliphatic heterocycles. The number of nitrogens with one attached hydrogen (secondary N) is 3. The number of fused-ring (bicyclic) bond motifs is 2. The summed E-state index contributed by atoms with van der Waals surface area (Å²) in [5.74, 6) is -0.0487. The summed E-state index contributed by atoms with van der Waals surface area (Å²) < 4.78 is 0. The highest BCUT2D eigenvalue weighted by Crippen LogP contribution is 2.39. The minimum atomic E-state index is -0.566. The Morgan fingerprint density at radius 1 is 0.824 bits per heavy atom. The van der Waals surface area contributed by atoms with Gasteiger partial charge in [-0.1, -0.05) is 30.3 Å². The Bertz CT molecular complexity index is 1850. The lowest BCUT2D eigenvalue weighted by molar-refractivity contribution is 0.0922. The molecule has 2 bridgehead atoms. The van der Waals surface area contributed by atoms with Gasteiger partial charge in [0.1, 0.15) is 5.82 Å². The summed E-state index contributed by atoms with van der Waals surface area (Å²) in [6, 6.07) is 27.0. The number of aromatic nitrogens is 1. The Morgan fingerprint density at radius 2 is 1.51 bits per heavy atom. The van der Waals surface area contributed by atoms with E-state index in [1.54, 1.807) is 24.4 Å². The second-order valence-corrected chi connectivity index (χ2v) is 14.0. The van der Waals surface area contributed by atoms with Gasteiger partial charge in [0, 0.05) is 67.4 Å². The van der Waals surface area contributed by atoms with Crippen LogP contribution in [-0.2, 0) is 0 Å². The third-order valence-electron chi connectivity index (χ3n) is 10.6. The number of carbonyl (C=O) groups is 3. The van der Waals surface area contributed by atoms with Crippen molar-refractivity contribution in [2.24, 2.45) is 5.73 Å². The third kappa shape index (κ3) is 7.68. The van der Waals surface area contributed by atoms with Gasteiger partial charge in [0.15, 0.2) is 0 Å². The van der Waals surface area contributed by atoms with Crippen molar-refractivity contribution in [2.75, 3.05) is 48.3 Å². The van der Waals surface area contributed by atoms with Crippen LogP contribution < -0.4 is 31.5 Å². The van der Waals surface area contributed by atoms with E-state index >= 15 is 0 Å². The molecule has 0 radical (unpaired) electrons. The first-order chi connectivity index (χ1) is 24.7. The second kappa shape index (κ2) is 14.8. The molecule has 3 aliphatic rings. The summed E-state index contributed by atoms with van der Waals surface area (Å²) in [6.07, 6.45) is 5.30. The standard InChI is InChI=1S/C40H46N8O3/c1-26(27-8-12-32(13-9-27)47-20-18-46(2)19-21-47)43-40(51)29-11-17-37(42-25-29)48-33-14-15-34(48)24-31(23-33)45-39(50)28-10-16-35(38(41)49)36(22-28)44-30-6-4-3-5-7-30/h3-13,16-17,22,25-26,31,33-34,44H,14-15,18-21,23-24H2,1-2H3,(H2,41,49)(H,43,51)(H,45,50)/t26-,31?,33?,34?/m0/s1. The van der Waals surface area contributed by atoms with Crippen LogP contribution in [0, 0.1) is 0 Å². The number of pyridine rings is 1. The molecule has 3 fully saturated rings. The molecule has 0 spiro atoms. The molecule has 5 N–H and O–H groups in total. The fourth-order valence-electron chi connectivity index (χ4n) is 7.69. The van der Waals surface area contributed by atoms with E-state index in [9.17, 15) is 14.4 Å². The maximum absolute atomic E-state index is 13.4. The van der Waals surface area contributed by atoms with Crippen LogP contribution >= 0.6 is 0 Å². The Kier molecular flexibility index (Phi) is 9.90. The smallest absolute Gasteiger partial charge is 0.253 e. The Hall–Kier alpha value is -5.42. The van der Waals surface area contributed by atoms with E-state index in [-0.39, 0.29) is 36.0 Å². The molecule has 1 aromatic heterocycles. The van der Waals surface area contributed by atoms with Crippen molar-refractivity contribution in [3.63, 3.8) is 0 Å². The lowest BCUT2D eigenvalue weighted by Gasteiger charge is -2.40. The number of carbonyl (C=O) groups excluding carboxylic acids is 3. The highest BCUT2D eigenvalue weighted by atomic mass is 16.2. The molecule has 11 nitrogen and oxygen atoms in total. The number of primary amides is 1. The quantitative estimate of drug-likeness (QED) is 0.181. The Balaban J connectivity index is 0.942. The summed E-state index contributed by atoms with van der Waals surface area (Å²) in [5.41, 5.74) is 10.5. The van der Waals surface area contributed by atoms with Gasteiger partial charge in [-0.05, 0) is 99.8 Å². The average Bonchev–Trinajstić information content (AvgIpc) is 3.41. The largest absolute Gasteiger partial charge is 0.369 e. The SMILES string of the molecule is C[C@H](NC(=O)c1ccc(N2C3CCC2CC(NC(=O)c2ccc(C(N)=O)c(Nc4ccccc4)c2)C3)nc1)c1ccc(N2CCN(C)CC2)cc1. The number of nitrogens with zero attached hydrogens (tertiary/aromatic N) is 4. The van der Waals surface area contributed by atoms with E-state index in [1.807, 2.05) is 49.4 Å². The fourth-order valence-corrected chi connectivity index (χ4v) is 7.69. The van der Waals surface area contributed by atoms with Gasteiger partial charge < -0.3 is 36.4 Å². The molecule has 4 aromatic rings. The molecular formula is C40H46N8O3. The van der Waals surface area contributed by atoms with E-state index in [2.05, 4.69) is 62.0 Å². The zero-order valence-corrected chi connectivity index (χ0v) is 29.2. The van der Waals surface area contributed by atoms with Crippen LogP contribution in [0.4, 0.5) is 22.9 Å². The molecule has 264 valence electrons. The number of rotatable bonds is 10. The molecule has 51 heavy (non-hydrogen) atoms. The van der Waals surface area contributed by atoms with E-state index in [0.717, 1.165) is 68.9 Å². The van der Waals surface area contributed by atoms with Crippen LogP contribution in [0.1, 0.15) is 75.3 Å². The molecule has 0 aliphatic carbocycles. The summed E-state index contributed by atoms with van der Waals surface area (Å²) in [6.45, 7) is 6.16.